The second-order valence-electron chi connectivity index (χ2n) is 8.21. The summed E-state index contributed by atoms with van der Waals surface area (Å²) in [5, 5.41) is 5.34. The van der Waals surface area contributed by atoms with Gasteiger partial charge in [-0.15, -0.1) is 0 Å². The SMILES string of the molecule is Cc1ccccc1/C=C/C(=O)N1CCC(NC(=O)CNC(=O)OC(C)(C)C)CC1. The van der Waals surface area contributed by atoms with Crippen LogP contribution in [0.3, 0.4) is 0 Å². The second-order valence-corrected chi connectivity index (χ2v) is 8.21. The number of amides is 3. The van der Waals surface area contributed by atoms with Crippen molar-refractivity contribution in [3.63, 3.8) is 0 Å². The van der Waals surface area contributed by atoms with Crippen molar-refractivity contribution in [2.24, 2.45) is 0 Å². The summed E-state index contributed by atoms with van der Waals surface area (Å²) in [7, 11) is 0. The normalized spacial score (nSPS) is 15.2. The van der Waals surface area contributed by atoms with E-state index in [-0.39, 0.29) is 24.4 Å². The zero-order valence-corrected chi connectivity index (χ0v) is 17.7. The molecule has 158 valence electrons. The molecule has 2 N–H and O–H groups in total. The molecule has 1 aliphatic heterocycles. The smallest absolute Gasteiger partial charge is 0.408 e. The minimum Gasteiger partial charge on any atom is -0.444 e. The molecule has 0 radical (unpaired) electrons. The lowest BCUT2D eigenvalue weighted by atomic mass is 10.0. The first kappa shape index (κ1) is 22.5. The van der Waals surface area contributed by atoms with Gasteiger partial charge < -0.3 is 20.3 Å². The van der Waals surface area contributed by atoms with Gasteiger partial charge in [-0.3, -0.25) is 9.59 Å². The zero-order chi connectivity index (χ0) is 21.4. The van der Waals surface area contributed by atoms with Gasteiger partial charge in [0.25, 0.3) is 0 Å². The minimum absolute atomic E-state index is 0.00710. The lowest BCUT2D eigenvalue weighted by molar-refractivity contribution is -0.127. The molecule has 1 fully saturated rings. The Balaban J connectivity index is 1.72. The Morgan fingerprint density at radius 2 is 1.83 bits per heavy atom. The number of carbonyl (C=O) groups excluding carboxylic acids is 3. The van der Waals surface area contributed by atoms with Gasteiger partial charge in [0.2, 0.25) is 11.8 Å². The first-order valence-corrected chi connectivity index (χ1v) is 9.93. The third-order valence-electron chi connectivity index (χ3n) is 4.56. The van der Waals surface area contributed by atoms with Crippen LogP contribution in [0.4, 0.5) is 4.79 Å². The van der Waals surface area contributed by atoms with Crippen molar-refractivity contribution in [2.45, 2.75) is 52.2 Å². The maximum absolute atomic E-state index is 12.4. The molecule has 29 heavy (non-hydrogen) atoms. The summed E-state index contributed by atoms with van der Waals surface area (Å²) < 4.78 is 5.10. The Labute approximate surface area is 172 Å². The van der Waals surface area contributed by atoms with E-state index in [2.05, 4.69) is 10.6 Å². The van der Waals surface area contributed by atoms with Crippen LogP contribution in [0.5, 0.6) is 0 Å². The van der Waals surface area contributed by atoms with Gasteiger partial charge >= 0.3 is 6.09 Å². The highest BCUT2D eigenvalue weighted by Gasteiger charge is 2.23. The quantitative estimate of drug-likeness (QED) is 0.743. The molecule has 0 aromatic heterocycles. The molecule has 0 aliphatic carbocycles. The summed E-state index contributed by atoms with van der Waals surface area (Å²) in [6.07, 6.45) is 4.19. The number of benzene rings is 1. The van der Waals surface area contributed by atoms with Crippen LogP contribution in [0.1, 0.15) is 44.7 Å². The van der Waals surface area contributed by atoms with E-state index in [1.165, 1.54) is 0 Å². The highest BCUT2D eigenvalue weighted by atomic mass is 16.6. The Kier molecular flexibility index (Phi) is 7.82. The van der Waals surface area contributed by atoms with E-state index < -0.39 is 11.7 Å². The van der Waals surface area contributed by atoms with Crippen LogP contribution in [0.15, 0.2) is 30.3 Å². The van der Waals surface area contributed by atoms with Crippen molar-refractivity contribution in [2.75, 3.05) is 19.6 Å². The molecule has 0 atom stereocenters. The molecule has 1 saturated heterocycles. The molecular weight excluding hydrogens is 370 g/mol. The van der Waals surface area contributed by atoms with Crippen LogP contribution in [0, 0.1) is 6.92 Å². The second kappa shape index (κ2) is 10.1. The van der Waals surface area contributed by atoms with E-state index in [0.717, 1.165) is 11.1 Å². The largest absolute Gasteiger partial charge is 0.444 e. The van der Waals surface area contributed by atoms with Crippen LogP contribution < -0.4 is 10.6 Å². The lowest BCUT2D eigenvalue weighted by Gasteiger charge is -2.31. The van der Waals surface area contributed by atoms with Crippen molar-refractivity contribution in [3.8, 4) is 0 Å². The van der Waals surface area contributed by atoms with Gasteiger partial charge in [0.15, 0.2) is 0 Å². The van der Waals surface area contributed by atoms with Crippen molar-refractivity contribution >= 4 is 24.0 Å². The number of hydrogen-bond acceptors (Lipinski definition) is 4. The fraction of sp³-hybridized carbons (Fsp3) is 0.500. The Morgan fingerprint density at radius 1 is 1.17 bits per heavy atom. The molecule has 0 saturated carbocycles. The van der Waals surface area contributed by atoms with E-state index >= 15 is 0 Å². The predicted octanol–water partition coefficient (Wildman–Crippen LogP) is 2.64. The highest BCUT2D eigenvalue weighted by Crippen LogP contribution is 2.13. The summed E-state index contributed by atoms with van der Waals surface area (Å²) in [5.74, 6) is -0.287. The molecule has 1 aromatic rings. The Morgan fingerprint density at radius 3 is 2.45 bits per heavy atom. The number of piperidine rings is 1. The van der Waals surface area contributed by atoms with Gasteiger partial charge in [0, 0.05) is 25.2 Å². The van der Waals surface area contributed by atoms with E-state index in [1.54, 1.807) is 31.7 Å². The summed E-state index contributed by atoms with van der Waals surface area (Å²) >= 11 is 0. The lowest BCUT2D eigenvalue weighted by Crippen LogP contribution is -2.48. The first-order chi connectivity index (χ1) is 13.6. The Hall–Kier alpha value is -2.83. The van der Waals surface area contributed by atoms with Gasteiger partial charge in [-0.25, -0.2) is 4.79 Å². The molecule has 7 nitrogen and oxygen atoms in total. The average Bonchev–Trinajstić information content (AvgIpc) is 2.65. The number of hydrogen-bond donors (Lipinski definition) is 2. The number of nitrogens with zero attached hydrogens (tertiary/aromatic N) is 1. The molecule has 0 unspecified atom stereocenters. The molecular formula is C22H31N3O4. The summed E-state index contributed by atoms with van der Waals surface area (Å²) in [6, 6.07) is 7.90. The number of rotatable bonds is 5. The summed E-state index contributed by atoms with van der Waals surface area (Å²) in [5.41, 5.74) is 1.55. The zero-order valence-electron chi connectivity index (χ0n) is 17.7. The van der Waals surface area contributed by atoms with E-state index in [1.807, 2.05) is 37.3 Å². The summed E-state index contributed by atoms with van der Waals surface area (Å²) in [6.45, 7) is 8.33. The van der Waals surface area contributed by atoms with Crippen LogP contribution in [0.25, 0.3) is 6.08 Å². The molecule has 1 heterocycles. The van der Waals surface area contributed by atoms with Gasteiger partial charge in [0.05, 0.1) is 0 Å². The maximum Gasteiger partial charge on any atom is 0.408 e. The summed E-state index contributed by atoms with van der Waals surface area (Å²) in [4.78, 5) is 37.8. The first-order valence-electron chi connectivity index (χ1n) is 9.93. The number of carbonyl (C=O) groups is 3. The molecule has 7 heteroatoms. The van der Waals surface area contributed by atoms with Gasteiger partial charge in [-0.05, 0) is 57.7 Å². The van der Waals surface area contributed by atoms with Gasteiger partial charge in [-0.1, -0.05) is 24.3 Å². The third-order valence-corrected chi connectivity index (χ3v) is 4.56. The van der Waals surface area contributed by atoms with E-state index in [0.29, 0.717) is 25.9 Å². The monoisotopic (exact) mass is 401 g/mol. The molecule has 3 amide bonds. The third kappa shape index (κ3) is 7.97. The molecule has 2 rings (SSSR count). The number of aryl methyl sites for hydroxylation is 1. The van der Waals surface area contributed by atoms with Crippen molar-refractivity contribution in [3.05, 3.63) is 41.5 Å². The Bertz CT molecular complexity index is 760. The highest BCUT2D eigenvalue weighted by molar-refractivity contribution is 5.92. The fourth-order valence-corrected chi connectivity index (χ4v) is 3.03. The van der Waals surface area contributed by atoms with Crippen molar-refractivity contribution in [1.82, 2.24) is 15.5 Å². The number of nitrogens with one attached hydrogen (secondary N) is 2. The van der Waals surface area contributed by atoms with Gasteiger partial charge in [0.1, 0.15) is 12.1 Å². The van der Waals surface area contributed by atoms with Crippen LogP contribution in [-0.2, 0) is 14.3 Å². The van der Waals surface area contributed by atoms with Crippen LogP contribution >= 0.6 is 0 Å². The van der Waals surface area contributed by atoms with Crippen LogP contribution in [0.2, 0.25) is 0 Å². The van der Waals surface area contributed by atoms with E-state index in [9.17, 15) is 14.4 Å². The molecule has 1 aromatic carbocycles. The average molecular weight is 402 g/mol. The van der Waals surface area contributed by atoms with Crippen LogP contribution in [-0.4, -0.2) is 54.1 Å². The maximum atomic E-state index is 12.4. The molecule has 0 spiro atoms. The molecule has 1 aliphatic rings. The molecule has 0 bridgehead atoms. The number of alkyl carbamates (subject to hydrolysis) is 1. The number of likely N-dealkylation sites (tertiary alicyclic amines) is 1. The topological polar surface area (TPSA) is 87.7 Å². The van der Waals surface area contributed by atoms with E-state index in [4.69, 9.17) is 4.74 Å². The number of ether oxygens (including phenoxy) is 1. The fourth-order valence-electron chi connectivity index (χ4n) is 3.03. The predicted molar refractivity (Wildman–Crippen MR) is 112 cm³/mol. The van der Waals surface area contributed by atoms with Crippen molar-refractivity contribution < 1.29 is 19.1 Å². The van der Waals surface area contributed by atoms with Gasteiger partial charge in [-0.2, -0.15) is 0 Å². The standard InChI is InChI=1S/C22H31N3O4/c1-16-7-5-6-8-17(16)9-10-20(27)25-13-11-18(12-14-25)24-19(26)15-23-21(28)29-22(2,3)4/h5-10,18H,11-15H2,1-4H3,(H,23,28)(H,24,26)/b10-9+. The van der Waals surface area contributed by atoms with Crippen molar-refractivity contribution in [1.29, 1.82) is 0 Å². The minimum atomic E-state index is -0.617.